The molecule has 1 aliphatic carbocycles. The lowest BCUT2D eigenvalue weighted by Gasteiger charge is -2.29. The topological polar surface area (TPSA) is 58.5 Å². The molecule has 1 aliphatic rings. The SMILES string of the molecule is CN=C(NCCc1csc(C)n1)NCC1(CCOC)CCCC1. The fourth-order valence-electron chi connectivity index (χ4n) is 3.28. The van der Waals surface area contributed by atoms with Crippen LogP contribution in [0.3, 0.4) is 0 Å². The summed E-state index contributed by atoms with van der Waals surface area (Å²) in [6.07, 6.45) is 7.31. The van der Waals surface area contributed by atoms with E-state index in [0.29, 0.717) is 5.41 Å². The Morgan fingerprint density at radius 2 is 2.17 bits per heavy atom. The summed E-state index contributed by atoms with van der Waals surface area (Å²) in [5, 5.41) is 10.2. The van der Waals surface area contributed by atoms with Gasteiger partial charge in [-0.2, -0.15) is 0 Å². The lowest BCUT2D eigenvalue weighted by atomic mass is 9.83. The van der Waals surface area contributed by atoms with E-state index in [2.05, 4.69) is 26.0 Å². The molecule has 0 spiro atoms. The first-order valence-electron chi connectivity index (χ1n) is 8.52. The molecule has 0 radical (unpaired) electrons. The summed E-state index contributed by atoms with van der Waals surface area (Å²) in [6.45, 7) is 4.72. The zero-order chi connectivity index (χ0) is 16.5. The summed E-state index contributed by atoms with van der Waals surface area (Å²) in [6, 6.07) is 0. The second-order valence-electron chi connectivity index (χ2n) is 6.41. The molecule has 6 heteroatoms. The summed E-state index contributed by atoms with van der Waals surface area (Å²) in [4.78, 5) is 8.83. The molecule has 0 aromatic carbocycles. The number of aromatic nitrogens is 1. The van der Waals surface area contributed by atoms with Crippen molar-refractivity contribution >= 4 is 17.3 Å². The molecule has 2 rings (SSSR count). The van der Waals surface area contributed by atoms with E-state index >= 15 is 0 Å². The highest BCUT2D eigenvalue weighted by atomic mass is 32.1. The van der Waals surface area contributed by atoms with Crippen molar-refractivity contribution in [2.45, 2.75) is 45.4 Å². The normalized spacial score (nSPS) is 17.4. The summed E-state index contributed by atoms with van der Waals surface area (Å²) in [7, 11) is 3.62. The van der Waals surface area contributed by atoms with E-state index in [-0.39, 0.29) is 0 Å². The minimum absolute atomic E-state index is 0.375. The van der Waals surface area contributed by atoms with Gasteiger partial charge < -0.3 is 15.4 Å². The average molecular weight is 339 g/mol. The first-order chi connectivity index (χ1) is 11.2. The van der Waals surface area contributed by atoms with Gasteiger partial charge in [0.1, 0.15) is 0 Å². The molecule has 1 saturated carbocycles. The Bertz CT molecular complexity index is 495. The lowest BCUT2D eigenvalue weighted by molar-refractivity contribution is 0.138. The Morgan fingerprint density at radius 1 is 1.39 bits per heavy atom. The molecule has 5 nitrogen and oxygen atoms in total. The van der Waals surface area contributed by atoms with Gasteiger partial charge in [0.2, 0.25) is 0 Å². The van der Waals surface area contributed by atoms with E-state index in [9.17, 15) is 0 Å². The van der Waals surface area contributed by atoms with Crippen molar-refractivity contribution in [2.24, 2.45) is 10.4 Å². The van der Waals surface area contributed by atoms with Crippen molar-refractivity contribution in [3.63, 3.8) is 0 Å². The average Bonchev–Trinajstić information content (AvgIpc) is 3.18. The molecule has 1 heterocycles. The molecular weight excluding hydrogens is 308 g/mol. The van der Waals surface area contributed by atoms with E-state index in [1.54, 1.807) is 18.4 Å². The van der Waals surface area contributed by atoms with E-state index < -0.39 is 0 Å². The van der Waals surface area contributed by atoms with Crippen LogP contribution in [0.1, 0.15) is 42.8 Å². The number of nitrogens with zero attached hydrogens (tertiary/aromatic N) is 2. The van der Waals surface area contributed by atoms with Crippen LogP contribution in [0, 0.1) is 12.3 Å². The van der Waals surface area contributed by atoms with Gasteiger partial charge in [-0.05, 0) is 31.6 Å². The molecule has 0 unspecified atom stereocenters. The van der Waals surface area contributed by atoms with Crippen molar-refractivity contribution in [1.29, 1.82) is 0 Å². The Kier molecular flexibility index (Phi) is 7.30. The molecule has 0 atom stereocenters. The van der Waals surface area contributed by atoms with Crippen LogP contribution in [0.15, 0.2) is 10.4 Å². The van der Waals surface area contributed by atoms with Gasteiger partial charge in [0, 0.05) is 45.7 Å². The smallest absolute Gasteiger partial charge is 0.191 e. The van der Waals surface area contributed by atoms with E-state index in [4.69, 9.17) is 4.74 Å². The summed E-state index contributed by atoms with van der Waals surface area (Å²) in [5.74, 6) is 0.889. The van der Waals surface area contributed by atoms with Crippen LogP contribution in [0.25, 0.3) is 0 Å². The van der Waals surface area contributed by atoms with Crippen LogP contribution in [0.2, 0.25) is 0 Å². The molecule has 1 aromatic heterocycles. The number of methoxy groups -OCH3 is 1. The van der Waals surface area contributed by atoms with Crippen LogP contribution in [0.4, 0.5) is 0 Å². The number of rotatable bonds is 8. The number of ether oxygens (including phenoxy) is 1. The van der Waals surface area contributed by atoms with Crippen LogP contribution < -0.4 is 10.6 Å². The van der Waals surface area contributed by atoms with Crippen molar-refractivity contribution in [2.75, 3.05) is 33.9 Å². The van der Waals surface area contributed by atoms with Crippen LogP contribution in [-0.4, -0.2) is 44.8 Å². The van der Waals surface area contributed by atoms with E-state index in [1.165, 1.54) is 25.7 Å². The molecule has 0 saturated heterocycles. The minimum atomic E-state index is 0.375. The minimum Gasteiger partial charge on any atom is -0.385 e. The van der Waals surface area contributed by atoms with Gasteiger partial charge in [-0.15, -0.1) is 11.3 Å². The largest absolute Gasteiger partial charge is 0.385 e. The third-order valence-electron chi connectivity index (χ3n) is 4.70. The van der Waals surface area contributed by atoms with Gasteiger partial charge in [-0.1, -0.05) is 12.8 Å². The van der Waals surface area contributed by atoms with Crippen LogP contribution >= 0.6 is 11.3 Å². The van der Waals surface area contributed by atoms with E-state index in [0.717, 1.165) is 49.2 Å². The molecule has 0 aliphatic heterocycles. The molecular formula is C17H30N4OS. The summed E-state index contributed by atoms with van der Waals surface area (Å²) >= 11 is 1.71. The first kappa shape index (κ1) is 18.2. The van der Waals surface area contributed by atoms with Gasteiger partial charge >= 0.3 is 0 Å². The van der Waals surface area contributed by atoms with Gasteiger partial charge in [0.25, 0.3) is 0 Å². The Morgan fingerprint density at radius 3 is 2.78 bits per heavy atom. The molecule has 2 N–H and O–H groups in total. The maximum absolute atomic E-state index is 5.30. The third kappa shape index (κ3) is 5.77. The highest BCUT2D eigenvalue weighted by molar-refractivity contribution is 7.09. The number of nitrogens with one attached hydrogen (secondary N) is 2. The van der Waals surface area contributed by atoms with Crippen molar-refractivity contribution in [3.8, 4) is 0 Å². The third-order valence-corrected chi connectivity index (χ3v) is 5.52. The van der Waals surface area contributed by atoms with Gasteiger partial charge in [0.15, 0.2) is 5.96 Å². The lowest BCUT2D eigenvalue weighted by Crippen LogP contribution is -2.43. The van der Waals surface area contributed by atoms with Crippen molar-refractivity contribution in [1.82, 2.24) is 15.6 Å². The molecule has 0 bridgehead atoms. The Labute approximate surface area is 144 Å². The van der Waals surface area contributed by atoms with Crippen LogP contribution in [-0.2, 0) is 11.2 Å². The quantitative estimate of drug-likeness (QED) is 0.565. The maximum atomic E-state index is 5.30. The molecule has 130 valence electrons. The Balaban J connectivity index is 1.75. The molecule has 1 fully saturated rings. The summed E-state index contributed by atoms with van der Waals surface area (Å²) < 4.78 is 5.30. The zero-order valence-electron chi connectivity index (χ0n) is 14.7. The number of hydrogen-bond donors (Lipinski definition) is 2. The number of guanidine groups is 1. The van der Waals surface area contributed by atoms with Crippen molar-refractivity contribution in [3.05, 3.63) is 16.1 Å². The Hall–Kier alpha value is -1.14. The van der Waals surface area contributed by atoms with Gasteiger partial charge in [0.05, 0.1) is 10.7 Å². The summed E-state index contributed by atoms with van der Waals surface area (Å²) in [5.41, 5.74) is 1.53. The second-order valence-corrected chi connectivity index (χ2v) is 7.47. The van der Waals surface area contributed by atoms with Gasteiger partial charge in [-0.25, -0.2) is 4.98 Å². The zero-order valence-corrected chi connectivity index (χ0v) is 15.5. The highest BCUT2D eigenvalue weighted by Gasteiger charge is 2.33. The maximum Gasteiger partial charge on any atom is 0.191 e. The first-order valence-corrected chi connectivity index (χ1v) is 9.40. The predicted molar refractivity (Wildman–Crippen MR) is 97.3 cm³/mol. The number of aliphatic imine (C=N–C) groups is 1. The number of hydrogen-bond acceptors (Lipinski definition) is 4. The molecule has 23 heavy (non-hydrogen) atoms. The van der Waals surface area contributed by atoms with Crippen molar-refractivity contribution < 1.29 is 4.74 Å². The molecule has 1 aromatic rings. The number of aryl methyl sites for hydroxylation is 1. The fourth-order valence-corrected chi connectivity index (χ4v) is 3.93. The highest BCUT2D eigenvalue weighted by Crippen LogP contribution is 2.40. The second kappa shape index (κ2) is 9.23. The predicted octanol–water partition coefficient (Wildman–Crippen LogP) is 2.76. The van der Waals surface area contributed by atoms with Crippen LogP contribution in [0.5, 0.6) is 0 Å². The standard InChI is InChI=1S/C17H30N4OS/c1-14-21-15(12-23-14)6-10-19-16(18-2)20-13-17(9-11-22-3)7-4-5-8-17/h12H,4-11,13H2,1-3H3,(H2,18,19,20). The van der Waals surface area contributed by atoms with E-state index in [1.807, 2.05) is 14.0 Å². The van der Waals surface area contributed by atoms with Gasteiger partial charge in [-0.3, -0.25) is 4.99 Å². The fraction of sp³-hybridized carbons (Fsp3) is 0.765. The molecule has 0 amide bonds. The monoisotopic (exact) mass is 338 g/mol. The number of thiazole rings is 1.